The van der Waals surface area contributed by atoms with Gasteiger partial charge in [0.1, 0.15) is 12.2 Å². The van der Waals surface area contributed by atoms with E-state index >= 15 is 0 Å². The largest absolute Gasteiger partial charge is 0.362 e. The lowest BCUT2D eigenvalue weighted by Crippen LogP contribution is -2.39. The minimum Gasteiger partial charge on any atom is -0.362 e. The molecular weight excluding hydrogens is 286 g/mol. The average Bonchev–Trinajstić information content (AvgIpc) is 3.26. The Labute approximate surface area is 124 Å². The van der Waals surface area contributed by atoms with Crippen molar-refractivity contribution in [2.24, 2.45) is 0 Å². The van der Waals surface area contributed by atoms with E-state index in [0.29, 0.717) is 0 Å². The highest BCUT2D eigenvalue weighted by atomic mass is 32.2. The standard InChI is InChI=1S/C16H15NO3S/c1-21(18,19)17-13-10-6-5-9-12(13)15-16(20-15)14(17)11-7-3-2-4-8-11/h2-10,14-16H,1H3/t14-,15+,16-/m0/s1. The molecule has 0 unspecified atom stereocenters. The Morgan fingerprint density at radius 3 is 2.38 bits per heavy atom. The molecule has 0 bridgehead atoms. The van der Waals surface area contributed by atoms with Gasteiger partial charge < -0.3 is 4.74 Å². The molecule has 0 saturated carbocycles. The summed E-state index contributed by atoms with van der Waals surface area (Å²) in [6, 6.07) is 17.0. The van der Waals surface area contributed by atoms with E-state index in [2.05, 4.69) is 0 Å². The molecule has 0 aromatic heterocycles. The second-order valence-corrected chi connectivity index (χ2v) is 7.35. The van der Waals surface area contributed by atoms with Crippen molar-refractivity contribution in [3.05, 3.63) is 65.7 Å². The zero-order valence-electron chi connectivity index (χ0n) is 11.5. The summed E-state index contributed by atoms with van der Waals surface area (Å²) in [6.45, 7) is 0. The number of ether oxygens (including phenoxy) is 1. The lowest BCUT2D eigenvalue weighted by atomic mass is 9.93. The van der Waals surface area contributed by atoms with E-state index in [1.165, 1.54) is 10.6 Å². The molecule has 108 valence electrons. The van der Waals surface area contributed by atoms with Gasteiger partial charge in [-0.25, -0.2) is 8.42 Å². The second kappa shape index (κ2) is 4.32. The van der Waals surface area contributed by atoms with Crippen LogP contribution in [-0.4, -0.2) is 20.8 Å². The van der Waals surface area contributed by atoms with Crippen molar-refractivity contribution in [1.29, 1.82) is 0 Å². The first kappa shape index (κ1) is 12.9. The molecule has 2 aromatic carbocycles. The summed E-state index contributed by atoms with van der Waals surface area (Å²) in [5.74, 6) is 0. The number of benzene rings is 2. The van der Waals surface area contributed by atoms with Crippen molar-refractivity contribution < 1.29 is 13.2 Å². The maximum absolute atomic E-state index is 12.4. The summed E-state index contributed by atoms with van der Waals surface area (Å²) in [4.78, 5) is 0. The summed E-state index contributed by atoms with van der Waals surface area (Å²) in [5, 5.41) is 0. The van der Waals surface area contributed by atoms with Crippen molar-refractivity contribution in [3.8, 4) is 0 Å². The normalized spacial score (nSPS) is 26.9. The Morgan fingerprint density at radius 1 is 1.00 bits per heavy atom. The van der Waals surface area contributed by atoms with Crippen LogP contribution < -0.4 is 4.31 Å². The molecule has 21 heavy (non-hydrogen) atoms. The van der Waals surface area contributed by atoms with Crippen molar-refractivity contribution in [2.75, 3.05) is 10.6 Å². The molecule has 2 aliphatic rings. The topological polar surface area (TPSA) is 49.9 Å². The number of nitrogens with zero attached hydrogens (tertiary/aromatic N) is 1. The third kappa shape index (κ3) is 1.96. The van der Waals surface area contributed by atoms with Crippen LogP contribution in [0.15, 0.2) is 54.6 Å². The van der Waals surface area contributed by atoms with Crippen molar-refractivity contribution in [3.63, 3.8) is 0 Å². The Morgan fingerprint density at radius 2 is 1.67 bits per heavy atom. The highest BCUT2D eigenvalue weighted by Crippen LogP contribution is 2.56. The van der Waals surface area contributed by atoms with E-state index in [4.69, 9.17) is 4.74 Å². The van der Waals surface area contributed by atoms with E-state index in [9.17, 15) is 8.42 Å². The zero-order chi connectivity index (χ0) is 14.6. The minimum absolute atomic E-state index is 0.00408. The number of anilines is 1. The third-order valence-corrected chi connectivity index (χ3v) is 5.21. The molecule has 1 fully saturated rings. The van der Waals surface area contributed by atoms with Crippen LogP contribution in [0.5, 0.6) is 0 Å². The molecule has 2 aliphatic heterocycles. The smallest absolute Gasteiger partial charge is 0.232 e. The van der Waals surface area contributed by atoms with Gasteiger partial charge in [-0.2, -0.15) is 0 Å². The van der Waals surface area contributed by atoms with Crippen molar-refractivity contribution >= 4 is 15.7 Å². The first-order valence-corrected chi connectivity index (χ1v) is 8.71. The highest BCUT2D eigenvalue weighted by Gasteiger charge is 2.55. The molecule has 4 rings (SSSR count). The molecule has 4 nitrogen and oxygen atoms in total. The van der Waals surface area contributed by atoms with Gasteiger partial charge in [0.25, 0.3) is 0 Å². The van der Waals surface area contributed by atoms with Gasteiger partial charge in [-0.3, -0.25) is 4.31 Å². The second-order valence-electron chi connectivity index (χ2n) is 5.49. The molecule has 0 N–H and O–H groups in total. The Bertz CT molecular complexity index is 788. The monoisotopic (exact) mass is 301 g/mol. The van der Waals surface area contributed by atoms with Crippen molar-refractivity contribution in [2.45, 2.75) is 18.2 Å². The average molecular weight is 301 g/mol. The maximum Gasteiger partial charge on any atom is 0.232 e. The van der Waals surface area contributed by atoms with Crippen LogP contribution in [0, 0.1) is 0 Å². The number of hydrogen-bond acceptors (Lipinski definition) is 3. The van der Waals surface area contributed by atoms with Crippen LogP contribution in [-0.2, 0) is 14.8 Å². The van der Waals surface area contributed by atoms with Crippen LogP contribution in [0.2, 0.25) is 0 Å². The number of rotatable bonds is 2. The van der Waals surface area contributed by atoms with Gasteiger partial charge in [-0.05, 0) is 11.6 Å². The van der Waals surface area contributed by atoms with Crippen LogP contribution >= 0.6 is 0 Å². The Hall–Kier alpha value is -1.85. The molecule has 0 spiro atoms. The van der Waals surface area contributed by atoms with E-state index in [-0.39, 0.29) is 18.2 Å². The van der Waals surface area contributed by atoms with Crippen molar-refractivity contribution in [1.82, 2.24) is 0 Å². The molecule has 1 saturated heterocycles. The molecule has 3 atom stereocenters. The maximum atomic E-state index is 12.4. The van der Waals surface area contributed by atoms with Gasteiger partial charge in [0.2, 0.25) is 10.0 Å². The van der Waals surface area contributed by atoms with Crippen LogP contribution in [0.25, 0.3) is 0 Å². The van der Waals surface area contributed by atoms with Crippen LogP contribution in [0.3, 0.4) is 0 Å². The summed E-state index contributed by atoms with van der Waals surface area (Å²) in [5.41, 5.74) is 2.65. The van der Waals surface area contributed by atoms with E-state index in [1.807, 2.05) is 54.6 Å². The number of fused-ring (bicyclic) bond motifs is 3. The number of para-hydroxylation sites is 1. The number of hydrogen-bond donors (Lipinski definition) is 0. The van der Waals surface area contributed by atoms with E-state index in [1.54, 1.807) is 0 Å². The zero-order valence-corrected chi connectivity index (χ0v) is 12.3. The predicted molar refractivity (Wildman–Crippen MR) is 80.6 cm³/mol. The first-order chi connectivity index (χ1) is 10.1. The SMILES string of the molecule is CS(=O)(=O)N1c2ccccc2[C@H]2O[C@H]2[C@@H]1c1ccccc1. The highest BCUT2D eigenvalue weighted by molar-refractivity contribution is 7.92. The lowest BCUT2D eigenvalue weighted by molar-refractivity contribution is 0.358. The first-order valence-electron chi connectivity index (χ1n) is 6.86. The quantitative estimate of drug-likeness (QED) is 0.801. The molecular formula is C16H15NO3S. The van der Waals surface area contributed by atoms with Gasteiger partial charge in [-0.1, -0.05) is 48.5 Å². The van der Waals surface area contributed by atoms with Gasteiger partial charge in [0.05, 0.1) is 18.0 Å². The minimum atomic E-state index is -3.39. The van der Waals surface area contributed by atoms with E-state index in [0.717, 1.165) is 16.8 Å². The summed E-state index contributed by atoms with van der Waals surface area (Å²) < 4.78 is 32.0. The number of sulfonamides is 1. The van der Waals surface area contributed by atoms with Crippen LogP contribution in [0.1, 0.15) is 23.3 Å². The molecule has 2 aromatic rings. The lowest BCUT2D eigenvalue weighted by Gasteiger charge is -2.35. The van der Waals surface area contributed by atoms with Gasteiger partial charge in [0, 0.05) is 5.56 Å². The fourth-order valence-corrected chi connectivity index (χ4v) is 4.36. The summed E-state index contributed by atoms with van der Waals surface area (Å²) >= 11 is 0. The molecule has 0 aliphatic carbocycles. The molecule has 0 radical (unpaired) electrons. The summed E-state index contributed by atoms with van der Waals surface area (Å²) in [6.07, 6.45) is 1.16. The van der Waals surface area contributed by atoms with Gasteiger partial charge in [0.15, 0.2) is 0 Å². The Kier molecular flexibility index (Phi) is 2.65. The summed E-state index contributed by atoms with van der Waals surface area (Å²) in [7, 11) is -3.39. The molecule has 0 amide bonds. The Balaban J connectivity index is 1.93. The third-order valence-electron chi connectivity index (χ3n) is 4.07. The van der Waals surface area contributed by atoms with E-state index < -0.39 is 10.0 Å². The number of epoxide rings is 1. The van der Waals surface area contributed by atoms with Gasteiger partial charge >= 0.3 is 0 Å². The molecule has 5 heteroatoms. The van der Waals surface area contributed by atoms with Gasteiger partial charge in [-0.15, -0.1) is 0 Å². The molecule has 2 heterocycles. The fourth-order valence-electron chi connectivity index (χ4n) is 3.19. The predicted octanol–water partition coefficient (Wildman–Crippen LogP) is 2.65. The van der Waals surface area contributed by atoms with Crippen LogP contribution in [0.4, 0.5) is 5.69 Å². The fraction of sp³-hybridized carbons (Fsp3) is 0.250.